The number of rotatable bonds is 3. The molecular weight excluding hydrogens is 309 g/mol. The smallest absolute Gasteiger partial charge is 0.251 e. The van der Waals surface area contributed by atoms with Gasteiger partial charge < -0.3 is 11.5 Å². The van der Waals surface area contributed by atoms with Crippen LogP contribution >= 0.6 is 0 Å². The van der Waals surface area contributed by atoms with Gasteiger partial charge in [0.1, 0.15) is 11.6 Å². The van der Waals surface area contributed by atoms with Gasteiger partial charge >= 0.3 is 0 Å². The van der Waals surface area contributed by atoms with Gasteiger partial charge in [-0.1, -0.05) is 12.1 Å². The number of halogens is 1. The van der Waals surface area contributed by atoms with Gasteiger partial charge in [-0.25, -0.2) is 9.37 Å². The van der Waals surface area contributed by atoms with Gasteiger partial charge in [0, 0.05) is 41.7 Å². The first-order valence-electron chi connectivity index (χ1n) is 7.23. The van der Waals surface area contributed by atoms with Crippen LogP contribution < -0.4 is 11.5 Å². The molecular formula is C17H16FN5O. The molecule has 1 amide bonds. The normalized spacial score (nSPS) is 10.8. The van der Waals surface area contributed by atoms with Gasteiger partial charge in [-0.05, 0) is 19.1 Å². The summed E-state index contributed by atoms with van der Waals surface area (Å²) in [6.07, 6.45) is 3.46. The minimum Gasteiger partial charge on any atom is -0.383 e. The average molecular weight is 325 g/mol. The van der Waals surface area contributed by atoms with E-state index < -0.39 is 11.7 Å². The Morgan fingerprint density at radius 2 is 2.00 bits per heavy atom. The van der Waals surface area contributed by atoms with Gasteiger partial charge in [0.2, 0.25) is 0 Å². The first kappa shape index (κ1) is 15.7. The predicted octanol–water partition coefficient (Wildman–Crippen LogP) is 2.28. The monoisotopic (exact) mass is 325 g/mol. The number of carbonyl (C=O) groups excluding carboxylic acids is 1. The number of carbonyl (C=O) groups is 1. The van der Waals surface area contributed by atoms with Crippen molar-refractivity contribution in [2.75, 3.05) is 5.73 Å². The van der Waals surface area contributed by atoms with E-state index >= 15 is 0 Å². The molecule has 7 heteroatoms. The largest absolute Gasteiger partial charge is 0.383 e. The molecule has 1 aromatic carbocycles. The maximum Gasteiger partial charge on any atom is 0.251 e. The fourth-order valence-electron chi connectivity index (χ4n) is 2.65. The molecule has 3 rings (SSSR count). The molecule has 0 bridgehead atoms. The highest BCUT2D eigenvalue weighted by molar-refractivity contribution is 5.95. The van der Waals surface area contributed by atoms with Crippen molar-refractivity contribution in [1.82, 2.24) is 14.8 Å². The molecule has 3 aromatic rings. The van der Waals surface area contributed by atoms with Crippen molar-refractivity contribution in [1.29, 1.82) is 0 Å². The second-order valence-electron chi connectivity index (χ2n) is 5.49. The molecule has 2 heterocycles. The predicted molar refractivity (Wildman–Crippen MR) is 89.5 cm³/mol. The summed E-state index contributed by atoms with van der Waals surface area (Å²) < 4.78 is 16.3. The molecule has 24 heavy (non-hydrogen) atoms. The van der Waals surface area contributed by atoms with E-state index in [4.69, 9.17) is 11.5 Å². The van der Waals surface area contributed by atoms with Crippen LogP contribution in [-0.4, -0.2) is 20.7 Å². The van der Waals surface area contributed by atoms with E-state index in [2.05, 4.69) is 10.1 Å². The zero-order valence-corrected chi connectivity index (χ0v) is 13.2. The standard InChI is InChI=1S/C17H16FN5O/c1-9-14(8-23(2)22-9)10-6-13(16(19)21-7-10)11-4-3-5-12(15(11)18)17(20)24/h3-8H,1-2H3,(H2,19,21)(H2,20,24). The quantitative estimate of drug-likeness (QED) is 0.771. The molecule has 0 aliphatic heterocycles. The van der Waals surface area contributed by atoms with Crippen LogP contribution in [0.25, 0.3) is 22.3 Å². The van der Waals surface area contributed by atoms with Crippen molar-refractivity contribution in [3.05, 3.63) is 53.7 Å². The number of anilines is 1. The number of benzene rings is 1. The maximum atomic E-state index is 14.6. The number of pyridine rings is 1. The number of nitrogens with two attached hydrogens (primary N) is 2. The van der Waals surface area contributed by atoms with E-state index in [0.29, 0.717) is 5.56 Å². The van der Waals surface area contributed by atoms with Gasteiger partial charge in [-0.3, -0.25) is 9.48 Å². The van der Waals surface area contributed by atoms with Crippen molar-refractivity contribution in [3.8, 4) is 22.3 Å². The molecule has 0 fully saturated rings. The summed E-state index contributed by atoms with van der Waals surface area (Å²) in [6, 6.07) is 6.16. The summed E-state index contributed by atoms with van der Waals surface area (Å²) in [7, 11) is 1.82. The lowest BCUT2D eigenvalue weighted by Crippen LogP contribution is -2.13. The van der Waals surface area contributed by atoms with E-state index in [1.807, 2.05) is 20.2 Å². The molecule has 0 unspecified atom stereocenters. The minimum absolute atomic E-state index is 0.167. The molecule has 0 aliphatic carbocycles. The van der Waals surface area contributed by atoms with Gasteiger partial charge in [0.05, 0.1) is 11.3 Å². The first-order chi connectivity index (χ1) is 11.4. The van der Waals surface area contributed by atoms with Crippen molar-refractivity contribution in [2.24, 2.45) is 12.8 Å². The number of nitrogen functional groups attached to an aromatic ring is 1. The van der Waals surface area contributed by atoms with Crippen LogP contribution in [0, 0.1) is 12.7 Å². The highest BCUT2D eigenvalue weighted by Gasteiger charge is 2.17. The van der Waals surface area contributed by atoms with E-state index in [1.165, 1.54) is 12.1 Å². The summed E-state index contributed by atoms with van der Waals surface area (Å²) in [4.78, 5) is 15.5. The van der Waals surface area contributed by atoms with Gasteiger partial charge in [-0.2, -0.15) is 5.10 Å². The number of aryl methyl sites for hydroxylation is 2. The van der Waals surface area contributed by atoms with Gasteiger partial charge in [0.15, 0.2) is 0 Å². The molecule has 2 aromatic heterocycles. The lowest BCUT2D eigenvalue weighted by atomic mass is 9.99. The molecule has 0 spiro atoms. The third-order valence-corrected chi connectivity index (χ3v) is 3.80. The fraction of sp³-hybridized carbons (Fsp3) is 0.118. The Bertz CT molecular complexity index is 948. The van der Waals surface area contributed by atoms with Crippen LogP contribution in [-0.2, 0) is 7.05 Å². The van der Waals surface area contributed by atoms with Gasteiger partial charge in [-0.15, -0.1) is 0 Å². The number of nitrogens with zero attached hydrogens (tertiary/aromatic N) is 3. The van der Waals surface area contributed by atoms with Crippen molar-refractivity contribution < 1.29 is 9.18 Å². The Morgan fingerprint density at radius 1 is 1.25 bits per heavy atom. The van der Waals surface area contributed by atoms with Crippen molar-refractivity contribution in [2.45, 2.75) is 6.92 Å². The molecule has 0 aliphatic rings. The Balaban J connectivity index is 2.19. The van der Waals surface area contributed by atoms with E-state index in [1.54, 1.807) is 23.0 Å². The number of aromatic nitrogens is 3. The average Bonchev–Trinajstić information content (AvgIpc) is 2.87. The van der Waals surface area contributed by atoms with Crippen LogP contribution in [0.3, 0.4) is 0 Å². The molecule has 0 radical (unpaired) electrons. The zero-order valence-electron chi connectivity index (χ0n) is 13.2. The van der Waals surface area contributed by atoms with Gasteiger partial charge in [0.25, 0.3) is 5.91 Å². The number of hydrogen-bond acceptors (Lipinski definition) is 4. The second-order valence-corrected chi connectivity index (χ2v) is 5.49. The zero-order chi connectivity index (χ0) is 17.4. The molecule has 122 valence electrons. The molecule has 4 N–H and O–H groups in total. The first-order valence-corrected chi connectivity index (χ1v) is 7.23. The summed E-state index contributed by atoms with van der Waals surface area (Å²) in [5.41, 5.74) is 14.0. The topological polar surface area (TPSA) is 99.8 Å². The molecule has 0 saturated carbocycles. The van der Waals surface area contributed by atoms with Crippen LogP contribution in [0.2, 0.25) is 0 Å². The Morgan fingerprint density at radius 3 is 2.62 bits per heavy atom. The highest BCUT2D eigenvalue weighted by atomic mass is 19.1. The maximum absolute atomic E-state index is 14.6. The fourth-order valence-corrected chi connectivity index (χ4v) is 2.65. The lowest BCUT2D eigenvalue weighted by Gasteiger charge is -2.10. The van der Waals surface area contributed by atoms with E-state index in [9.17, 15) is 9.18 Å². The summed E-state index contributed by atoms with van der Waals surface area (Å²) in [6.45, 7) is 1.87. The third-order valence-electron chi connectivity index (χ3n) is 3.80. The number of primary amides is 1. The molecule has 0 saturated heterocycles. The van der Waals surface area contributed by atoms with E-state index in [0.717, 1.165) is 16.8 Å². The third kappa shape index (κ3) is 2.60. The summed E-state index contributed by atoms with van der Waals surface area (Å²) in [5, 5.41) is 4.29. The Labute approximate surface area is 137 Å². The second kappa shape index (κ2) is 5.77. The van der Waals surface area contributed by atoms with Crippen LogP contribution in [0.15, 0.2) is 36.7 Å². The lowest BCUT2D eigenvalue weighted by molar-refractivity contribution is 0.0996. The highest BCUT2D eigenvalue weighted by Crippen LogP contribution is 2.32. The van der Waals surface area contributed by atoms with Crippen molar-refractivity contribution in [3.63, 3.8) is 0 Å². The Hall–Kier alpha value is -3.22. The van der Waals surface area contributed by atoms with E-state index in [-0.39, 0.29) is 16.9 Å². The van der Waals surface area contributed by atoms with Crippen molar-refractivity contribution >= 4 is 11.7 Å². The summed E-state index contributed by atoms with van der Waals surface area (Å²) in [5.74, 6) is -1.38. The van der Waals surface area contributed by atoms with Crippen LogP contribution in [0.4, 0.5) is 10.2 Å². The summed E-state index contributed by atoms with van der Waals surface area (Å²) >= 11 is 0. The Kier molecular flexibility index (Phi) is 3.76. The van der Waals surface area contributed by atoms with Crippen LogP contribution in [0.1, 0.15) is 16.1 Å². The van der Waals surface area contributed by atoms with Crippen LogP contribution in [0.5, 0.6) is 0 Å². The molecule has 6 nitrogen and oxygen atoms in total. The number of amides is 1. The number of hydrogen-bond donors (Lipinski definition) is 2. The minimum atomic E-state index is -0.833. The SMILES string of the molecule is Cc1nn(C)cc1-c1cnc(N)c(-c2cccc(C(N)=O)c2F)c1. The molecule has 0 atom stereocenters.